The van der Waals surface area contributed by atoms with E-state index in [0.29, 0.717) is 10.2 Å². The largest absolute Gasteiger partial charge is 0.352 e. The molecule has 0 saturated carbocycles. The number of hydrogen-bond acceptors (Lipinski definition) is 4. The van der Waals surface area contributed by atoms with Gasteiger partial charge in [-0.3, -0.25) is 13.9 Å². The van der Waals surface area contributed by atoms with Gasteiger partial charge in [0.1, 0.15) is 12.6 Å². The molecular weight excluding hydrogens is 622 g/mol. The third kappa shape index (κ3) is 7.66. The zero-order chi connectivity index (χ0) is 27.2. The van der Waals surface area contributed by atoms with Crippen LogP contribution in [0.4, 0.5) is 5.69 Å². The van der Waals surface area contributed by atoms with Crippen LogP contribution in [-0.2, 0) is 26.2 Å². The van der Waals surface area contributed by atoms with Gasteiger partial charge in [-0.05, 0) is 68.8 Å². The maximum Gasteiger partial charge on any atom is 0.264 e. The Morgan fingerprint density at radius 2 is 1.49 bits per heavy atom. The van der Waals surface area contributed by atoms with Crippen molar-refractivity contribution in [3.05, 3.63) is 93.4 Å². The summed E-state index contributed by atoms with van der Waals surface area (Å²) < 4.78 is 30.0. The van der Waals surface area contributed by atoms with Gasteiger partial charge in [-0.15, -0.1) is 0 Å². The molecule has 0 fully saturated rings. The summed E-state index contributed by atoms with van der Waals surface area (Å²) in [5, 5.41) is 2.84. The van der Waals surface area contributed by atoms with Gasteiger partial charge in [-0.25, -0.2) is 8.42 Å². The summed E-state index contributed by atoms with van der Waals surface area (Å²) >= 11 is 6.83. The van der Waals surface area contributed by atoms with Crippen molar-refractivity contribution in [1.29, 1.82) is 0 Å². The number of nitrogens with zero attached hydrogens (tertiary/aromatic N) is 2. The fourth-order valence-corrected chi connectivity index (χ4v) is 5.96. The number of nitrogens with one attached hydrogen (secondary N) is 1. The van der Waals surface area contributed by atoms with Crippen LogP contribution in [0.1, 0.15) is 26.3 Å². The highest BCUT2D eigenvalue weighted by atomic mass is 79.9. The van der Waals surface area contributed by atoms with Crippen LogP contribution in [-0.4, -0.2) is 43.8 Å². The lowest BCUT2D eigenvalue weighted by atomic mass is 10.1. The van der Waals surface area contributed by atoms with E-state index in [-0.39, 0.29) is 23.4 Å². The van der Waals surface area contributed by atoms with E-state index in [1.54, 1.807) is 49.4 Å². The van der Waals surface area contributed by atoms with Crippen molar-refractivity contribution in [1.82, 2.24) is 10.2 Å². The van der Waals surface area contributed by atoms with E-state index in [9.17, 15) is 18.0 Å². The Kier molecular flexibility index (Phi) is 9.92. The van der Waals surface area contributed by atoms with Crippen molar-refractivity contribution in [2.45, 2.75) is 44.3 Å². The Morgan fingerprint density at radius 3 is 2.08 bits per heavy atom. The van der Waals surface area contributed by atoms with Crippen LogP contribution in [0.3, 0.4) is 0 Å². The van der Waals surface area contributed by atoms with Crippen molar-refractivity contribution in [3.8, 4) is 0 Å². The summed E-state index contributed by atoms with van der Waals surface area (Å²) in [6.07, 6.45) is 0. The molecule has 10 heteroatoms. The number of benzene rings is 3. The molecular formula is C27H29Br2N3O4S. The van der Waals surface area contributed by atoms with E-state index in [1.165, 1.54) is 17.0 Å². The zero-order valence-corrected chi connectivity index (χ0v) is 24.8. The summed E-state index contributed by atoms with van der Waals surface area (Å²) in [6.45, 7) is 4.96. The number of carbonyl (C=O) groups excluding carboxylic acids is 2. The Morgan fingerprint density at radius 1 is 0.865 bits per heavy atom. The van der Waals surface area contributed by atoms with E-state index < -0.39 is 28.5 Å². The molecule has 3 aromatic rings. The van der Waals surface area contributed by atoms with Gasteiger partial charge in [0, 0.05) is 21.5 Å². The average molecular weight is 651 g/mol. The molecule has 1 atom stereocenters. The van der Waals surface area contributed by atoms with Gasteiger partial charge in [0.05, 0.1) is 10.6 Å². The fraction of sp³-hybridized carbons (Fsp3) is 0.259. The van der Waals surface area contributed by atoms with Gasteiger partial charge < -0.3 is 10.2 Å². The molecule has 0 radical (unpaired) electrons. The fourth-order valence-electron chi connectivity index (χ4n) is 3.70. The van der Waals surface area contributed by atoms with E-state index in [2.05, 4.69) is 37.2 Å². The predicted molar refractivity (Wildman–Crippen MR) is 153 cm³/mol. The molecule has 0 bridgehead atoms. The smallest absolute Gasteiger partial charge is 0.264 e. The first-order valence-corrected chi connectivity index (χ1v) is 14.7. The quantitative estimate of drug-likeness (QED) is 0.321. The third-order valence-corrected chi connectivity index (χ3v) is 8.32. The molecule has 3 rings (SSSR count). The Balaban J connectivity index is 2.02. The summed E-state index contributed by atoms with van der Waals surface area (Å²) in [7, 11) is -4.09. The van der Waals surface area contributed by atoms with Gasteiger partial charge in [0.15, 0.2) is 0 Å². The summed E-state index contributed by atoms with van der Waals surface area (Å²) in [5.74, 6) is -0.830. The number of carbonyl (C=O) groups is 2. The molecule has 0 aromatic heterocycles. The Hall–Kier alpha value is -2.69. The predicted octanol–water partition coefficient (Wildman–Crippen LogP) is 5.35. The van der Waals surface area contributed by atoms with Crippen molar-refractivity contribution in [2.75, 3.05) is 10.8 Å². The minimum atomic E-state index is -4.09. The normalized spacial score (nSPS) is 12.2. The molecule has 3 aromatic carbocycles. The first kappa shape index (κ1) is 28.9. The first-order valence-electron chi connectivity index (χ1n) is 11.7. The highest BCUT2D eigenvalue weighted by Crippen LogP contribution is 2.27. The highest BCUT2D eigenvalue weighted by Gasteiger charge is 2.32. The molecule has 196 valence electrons. The van der Waals surface area contributed by atoms with Crippen molar-refractivity contribution < 1.29 is 18.0 Å². The van der Waals surface area contributed by atoms with E-state index >= 15 is 0 Å². The summed E-state index contributed by atoms with van der Waals surface area (Å²) in [6, 6.07) is 21.2. The number of halogens is 2. The Bertz CT molecular complexity index is 1350. The molecule has 0 aliphatic carbocycles. The summed E-state index contributed by atoms with van der Waals surface area (Å²) in [5.41, 5.74) is 1.13. The number of hydrogen-bond donors (Lipinski definition) is 1. The molecule has 2 amide bonds. The minimum Gasteiger partial charge on any atom is -0.352 e. The first-order chi connectivity index (χ1) is 17.5. The zero-order valence-electron chi connectivity index (χ0n) is 20.8. The summed E-state index contributed by atoms with van der Waals surface area (Å²) in [4.78, 5) is 28.2. The third-order valence-electron chi connectivity index (χ3n) is 5.55. The van der Waals surface area contributed by atoms with Gasteiger partial charge in [-0.2, -0.15) is 0 Å². The van der Waals surface area contributed by atoms with Gasteiger partial charge >= 0.3 is 0 Å². The minimum absolute atomic E-state index is 0.0620. The van der Waals surface area contributed by atoms with Crippen LogP contribution in [0.15, 0.2) is 92.7 Å². The molecule has 0 heterocycles. The standard InChI is InChI=1S/C27H29Br2N3O4S/c1-19(2)30-27(34)20(3)31(17-21-9-7-10-22(28)15-21)26(33)18-32(24-12-8-11-23(29)16-24)37(35,36)25-13-5-4-6-14-25/h4-16,19-20H,17-18H2,1-3H3,(H,30,34). The molecule has 1 unspecified atom stereocenters. The molecule has 0 saturated heterocycles. The van der Waals surface area contributed by atoms with Gasteiger partial charge in [0.2, 0.25) is 11.8 Å². The Labute approximate surface area is 235 Å². The molecule has 1 N–H and O–H groups in total. The molecule has 7 nitrogen and oxygen atoms in total. The van der Waals surface area contributed by atoms with Crippen LogP contribution in [0.2, 0.25) is 0 Å². The van der Waals surface area contributed by atoms with Crippen LogP contribution >= 0.6 is 31.9 Å². The lowest BCUT2D eigenvalue weighted by Gasteiger charge is -2.32. The molecule has 0 aliphatic heterocycles. The van der Waals surface area contributed by atoms with E-state index in [0.717, 1.165) is 14.3 Å². The second-order valence-corrected chi connectivity index (χ2v) is 12.5. The maximum atomic E-state index is 13.8. The van der Waals surface area contributed by atoms with Crippen molar-refractivity contribution in [3.63, 3.8) is 0 Å². The van der Waals surface area contributed by atoms with Crippen molar-refractivity contribution in [2.24, 2.45) is 0 Å². The van der Waals surface area contributed by atoms with Crippen LogP contribution in [0.25, 0.3) is 0 Å². The van der Waals surface area contributed by atoms with Crippen LogP contribution in [0.5, 0.6) is 0 Å². The molecule has 0 spiro atoms. The van der Waals surface area contributed by atoms with Crippen molar-refractivity contribution >= 4 is 59.4 Å². The molecule has 37 heavy (non-hydrogen) atoms. The van der Waals surface area contributed by atoms with Gasteiger partial charge in [0.25, 0.3) is 10.0 Å². The monoisotopic (exact) mass is 649 g/mol. The number of sulfonamides is 1. The maximum absolute atomic E-state index is 13.8. The van der Waals surface area contributed by atoms with E-state index in [4.69, 9.17) is 0 Å². The van der Waals surface area contributed by atoms with Gasteiger partial charge in [-0.1, -0.05) is 68.3 Å². The highest BCUT2D eigenvalue weighted by molar-refractivity contribution is 9.10. The second-order valence-electron chi connectivity index (χ2n) is 8.80. The number of rotatable bonds is 10. The van der Waals surface area contributed by atoms with Crippen LogP contribution in [0, 0.1) is 0 Å². The number of amides is 2. The lowest BCUT2D eigenvalue weighted by Crippen LogP contribution is -2.52. The lowest BCUT2D eigenvalue weighted by molar-refractivity contribution is -0.139. The second kappa shape index (κ2) is 12.7. The van der Waals surface area contributed by atoms with Crippen LogP contribution < -0.4 is 9.62 Å². The van der Waals surface area contributed by atoms with E-state index in [1.807, 2.05) is 38.1 Å². The molecule has 0 aliphatic rings. The SMILES string of the molecule is CC(C)NC(=O)C(C)N(Cc1cccc(Br)c1)C(=O)CN(c1cccc(Br)c1)S(=O)(=O)c1ccccc1. The topological polar surface area (TPSA) is 86.8 Å². The number of anilines is 1. The average Bonchev–Trinajstić information content (AvgIpc) is 2.85.